The molecule has 1 aliphatic rings. The fourth-order valence-corrected chi connectivity index (χ4v) is 3.57. The summed E-state index contributed by atoms with van der Waals surface area (Å²) < 4.78 is 0. The van der Waals surface area contributed by atoms with Crippen molar-refractivity contribution in [3.05, 3.63) is 29.9 Å². The number of hydrogen-bond donors (Lipinski definition) is 3. The lowest BCUT2D eigenvalue weighted by molar-refractivity contribution is 0.307. The third-order valence-electron chi connectivity index (χ3n) is 4.96. The molecule has 0 spiro atoms. The molecule has 0 aliphatic carbocycles. The van der Waals surface area contributed by atoms with Gasteiger partial charge in [0.05, 0.1) is 23.3 Å². The zero-order valence-electron chi connectivity index (χ0n) is 17.7. The summed E-state index contributed by atoms with van der Waals surface area (Å²) in [6.45, 7) is 14.7. The van der Waals surface area contributed by atoms with Crippen molar-refractivity contribution in [1.82, 2.24) is 25.1 Å². The molecule has 0 saturated heterocycles. The van der Waals surface area contributed by atoms with Gasteiger partial charge in [-0.25, -0.2) is 4.98 Å². The minimum atomic E-state index is 0.496. The third-order valence-corrected chi connectivity index (χ3v) is 4.96. The van der Waals surface area contributed by atoms with Crippen LogP contribution in [-0.4, -0.2) is 38.7 Å². The fraction of sp³-hybridized carbons (Fsp3) is 0.619. The van der Waals surface area contributed by atoms with Gasteiger partial charge in [0.15, 0.2) is 5.82 Å². The lowest BCUT2D eigenvalue weighted by Gasteiger charge is -2.20. The Balaban J connectivity index is 0.00000126. The first kappa shape index (κ1) is 21.2. The number of nitrogens with one attached hydrogen (secondary N) is 3. The normalized spacial score (nSPS) is 13.9. The van der Waals surface area contributed by atoms with Gasteiger partial charge >= 0.3 is 0 Å². The number of anilines is 1. The van der Waals surface area contributed by atoms with Crippen LogP contribution in [0.3, 0.4) is 0 Å². The van der Waals surface area contributed by atoms with Gasteiger partial charge in [-0.2, -0.15) is 5.10 Å². The molecule has 2 aromatic rings. The smallest absolute Gasteiger partial charge is 0.158 e. The maximum absolute atomic E-state index is 4.79. The van der Waals surface area contributed by atoms with Gasteiger partial charge in [-0.1, -0.05) is 47.1 Å². The van der Waals surface area contributed by atoms with E-state index in [9.17, 15) is 0 Å². The van der Waals surface area contributed by atoms with Gasteiger partial charge in [-0.15, -0.1) is 0 Å². The minimum Gasteiger partial charge on any atom is -0.356 e. The molecule has 0 bridgehead atoms. The van der Waals surface area contributed by atoms with Crippen molar-refractivity contribution in [3.8, 4) is 11.5 Å². The molecule has 0 saturated carbocycles. The van der Waals surface area contributed by atoms with E-state index < -0.39 is 0 Å². The Morgan fingerprint density at radius 1 is 1.30 bits per heavy atom. The SMILES string of the molecule is C=C(Nc1cn[nH]c1-c1nc2c([nH]1)CN(C)CC2)C(CCC)CCC.CC. The van der Waals surface area contributed by atoms with Crippen LogP contribution < -0.4 is 5.32 Å². The number of aromatic amines is 2. The summed E-state index contributed by atoms with van der Waals surface area (Å²) >= 11 is 0. The topological polar surface area (TPSA) is 72.6 Å². The quantitative estimate of drug-likeness (QED) is 0.612. The Hall–Kier alpha value is -2.08. The van der Waals surface area contributed by atoms with E-state index in [1.54, 1.807) is 0 Å². The highest BCUT2D eigenvalue weighted by Gasteiger charge is 2.21. The molecule has 0 atom stereocenters. The number of H-pyrrole nitrogens is 2. The molecule has 0 radical (unpaired) electrons. The first-order valence-electron chi connectivity index (χ1n) is 10.4. The maximum atomic E-state index is 4.79. The number of hydrogen-bond acceptors (Lipinski definition) is 4. The van der Waals surface area contributed by atoms with Crippen LogP contribution in [0.25, 0.3) is 11.5 Å². The summed E-state index contributed by atoms with van der Waals surface area (Å²) in [5.74, 6) is 1.35. The van der Waals surface area contributed by atoms with Gasteiger partial charge < -0.3 is 15.2 Å². The molecule has 0 fully saturated rings. The molecule has 6 nitrogen and oxygen atoms in total. The summed E-state index contributed by atoms with van der Waals surface area (Å²) in [4.78, 5) is 10.6. The number of nitrogens with zero attached hydrogens (tertiary/aromatic N) is 3. The van der Waals surface area contributed by atoms with E-state index in [2.05, 4.69) is 52.9 Å². The number of rotatable bonds is 8. The lowest BCUT2D eigenvalue weighted by atomic mass is 9.95. The Bertz CT molecular complexity index is 708. The highest BCUT2D eigenvalue weighted by molar-refractivity contribution is 5.70. The molecule has 2 aromatic heterocycles. The average molecular weight is 373 g/mol. The molecule has 6 heteroatoms. The van der Waals surface area contributed by atoms with Crippen LogP contribution in [0.15, 0.2) is 18.5 Å². The Morgan fingerprint density at radius 2 is 2.00 bits per heavy atom. The third kappa shape index (κ3) is 5.22. The average Bonchev–Trinajstić information content (AvgIpc) is 3.29. The fourth-order valence-electron chi connectivity index (χ4n) is 3.57. The van der Waals surface area contributed by atoms with E-state index in [0.717, 1.165) is 55.3 Å². The monoisotopic (exact) mass is 372 g/mol. The van der Waals surface area contributed by atoms with Gasteiger partial charge in [0, 0.05) is 25.2 Å². The van der Waals surface area contributed by atoms with Crippen molar-refractivity contribution in [2.75, 3.05) is 18.9 Å². The second kappa shape index (κ2) is 10.3. The van der Waals surface area contributed by atoms with E-state index in [0.29, 0.717) is 5.92 Å². The van der Waals surface area contributed by atoms with E-state index >= 15 is 0 Å². The highest BCUT2D eigenvalue weighted by Crippen LogP contribution is 2.29. The van der Waals surface area contributed by atoms with Crippen LogP contribution >= 0.6 is 0 Å². The maximum Gasteiger partial charge on any atom is 0.158 e. The number of fused-ring (bicyclic) bond motifs is 1. The zero-order valence-corrected chi connectivity index (χ0v) is 17.7. The van der Waals surface area contributed by atoms with Crippen molar-refractivity contribution in [3.63, 3.8) is 0 Å². The summed E-state index contributed by atoms with van der Waals surface area (Å²) in [5, 5.41) is 10.8. The summed E-state index contributed by atoms with van der Waals surface area (Å²) in [6.07, 6.45) is 7.47. The molecule has 0 aromatic carbocycles. The Morgan fingerprint density at radius 3 is 2.67 bits per heavy atom. The Labute approximate surface area is 163 Å². The van der Waals surface area contributed by atoms with E-state index in [1.807, 2.05) is 20.0 Å². The van der Waals surface area contributed by atoms with Crippen molar-refractivity contribution in [2.24, 2.45) is 5.92 Å². The highest BCUT2D eigenvalue weighted by atomic mass is 15.2. The molecule has 0 amide bonds. The summed E-state index contributed by atoms with van der Waals surface area (Å²) in [6, 6.07) is 0. The van der Waals surface area contributed by atoms with Crippen molar-refractivity contribution in [1.29, 1.82) is 0 Å². The summed E-state index contributed by atoms with van der Waals surface area (Å²) in [7, 11) is 2.14. The summed E-state index contributed by atoms with van der Waals surface area (Å²) in [5.41, 5.74) is 5.30. The second-order valence-corrected chi connectivity index (χ2v) is 7.08. The van der Waals surface area contributed by atoms with Gasteiger partial charge in [0.2, 0.25) is 0 Å². The minimum absolute atomic E-state index is 0.496. The van der Waals surface area contributed by atoms with Gasteiger partial charge in [-0.3, -0.25) is 5.10 Å². The molecule has 0 unspecified atom stereocenters. The van der Waals surface area contributed by atoms with E-state index in [-0.39, 0.29) is 0 Å². The largest absolute Gasteiger partial charge is 0.356 e. The number of allylic oxidation sites excluding steroid dienone is 1. The zero-order chi connectivity index (χ0) is 19.8. The van der Waals surface area contributed by atoms with Crippen LogP contribution in [0.2, 0.25) is 0 Å². The molecule has 1 aliphatic heterocycles. The molecule has 3 heterocycles. The second-order valence-electron chi connectivity index (χ2n) is 7.08. The number of imidazole rings is 1. The van der Waals surface area contributed by atoms with E-state index in [1.165, 1.54) is 24.2 Å². The molecule has 3 N–H and O–H groups in total. The van der Waals surface area contributed by atoms with Crippen LogP contribution in [0.1, 0.15) is 64.8 Å². The van der Waals surface area contributed by atoms with Gasteiger partial charge in [0.25, 0.3) is 0 Å². The van der Waals surface area contributed by atoms with Crippen molar-refractivity contribution < 1.29 is 0 Å². The van der Waals surface area contributed by atoms with Crippen LogP contribution in [0, 0.1) is 5.92 Å². The molecular weight excluding hydrogens is 336 g/mol. The van der Waals surface area contributed by atoms with Crippen molar-refractivity contribution in [2.45, 2.75) is 66.3 Å². The van der Waals surface area contributed by atoms with Crippen LogP contribution in [0.5, 0.6) is 0 Å². The first-order valence-corrected chi connectivity index (χ1v) is 10.4. The van der Waals surface area contributed by atoms with Crippen LogP contribution in [0.4, 0.5) is 5.69 Å². The molecule has 27 heavy (non-hydrogen) atoms. The molecule has 150 valence electrons. The van der Waals surface area contributed by atoms with Crippen LogP contribution in [-0.2, 0) is 13.0 Å². The predicted molar refractivity (Wildman–Crippen MR) is 114 cm³/mol. The standard InChI is InChI=1S/C19H30N6.C2H6/c1-5-7-14(8-6-2)13(3)21-16-11-20-24-18(16)19-22-15-9-10-25(4)12-17(15)23-19;1-2/h11,14,21H,3,5-10,12H2,1-2,4H3,(H,20,24)(H,22,23);1-2H3. The lowest BCUT2D eigenvalue weighted by Crippen LogP contribution is -2.26. The number of aromatic nitrogens is 4. The van der Waals surface area contributed by atoms with Crippen molar-refractivity contribution >= 4 is 5.69 Å². The van der Waals surface area contributed by atoms with E-state index in [4.69, 9.17) is 4.98 Å². The number of likely N-dealkylation sites (N-methyl/N-ethyl adjacent to an activating group) is 1. The van der Waals surface area contributed by atoms with Gasteiger partial charge in [0.1, 0.15) is 5.69 Å². The predicted octanol–water partition coefficient (Wildman–Crippen LogP) is 4.96. The van der Waals surface area contributed by atoms with Gasteiger partial charge in [-0.05, 0) is 25.8 Å². The molecular formula is C21H36N6. The molecule has 3 rings (SSSR count). The Kier molecular flexibility index (Phi) is 8.10. The first-order chi connectivity index (χ1) is 13.1.